The van der Waals surface area contributed by atoms with E-state index in [1.54, 1.807) is 13.2 Å². The molecule has 0 spiro atoms. The topological polar surface area (TPSA) is 80.5 Å². The van der Waals surface area contributed by atoms with Crippen LogP contribution in [0.2, 0.25) is 0 Å². The number of aromatic nitrogens is 1. The van der Waals surface area contributed by atoms with E-state index in [2.05, 4.69) is 15.2 Å². The zero-order valence-corrected chi connectivity index (χ0v) is 11.4. The van der Waals surface area contributed by atoms with Crippen LogP contribution < -0.4 is 11.1 Å². The molecule has 0 aliphatic carbocycles. The first-order valence-corrected chi connectivity index (χ1v) is 6.49. The van der Waals surface area contributed by atoms with Gasteiger partial charge in [0.15, 0.2) is 0 Å². The minimum atomic E-state index is -0.560. The molecule has 1 aromatic rings. The average Bonchev–Trinajstić information content (AvgIpc) is 2.79. The highest BCUT2D eigenvalue weighted by atomic mass is 19.1. The highest BCUT2D eigenvalue weighted by Gasteiger charge is 2.35. The average molecular weight is 282 g/mol. The number of likely N-dealkylation sites (tertiary alicyclic amines) is 1. The molecule has 0 radical (unpaired) electrons. The molecule has 7 heteroatoms. The molecule has 1 saturated heterocycles. The van der Waals surface area contributed by atoms with E-state index in [0.29, 0.717) is 13.2 Å². The van der Waals surface area contributed by atoms with Crippen molar-refractivity contribution >= 4 is 6.03 Å². The van der Waals surface area contributed by atoms with Crippen LogP contribution in [-0.4, -0.2) is 55.3 Å². The van der Waals surface area contributed by atoms with Gasteiger partial charge in [0.2, 0.25) is 0 Å². The van der Waals surface area contributed by atoms with Crippen molar-refractivity contribution in [2.45, 2.75) is 12.0 Å². The van der Waals surface area contributed by atoms with Gasteiger partial charge in [-0.05, 0) is 12.1 Å². The lowest BCUT2D eigenvalue weighted by molar-refractivity contribution is 0.159. The van der Waals surface area contributed by atoms with E-state index in [0.717, 1.165) is 18.8 Å². The second-order valence-corrected chi connectivity index (χ2v) is 4.88. The maximum absolute atomic E-state index is 12.9. The van der Waals surface area contributed by atoms with Crippen LogP contribution in [0.15, 0.2) is 18.3 Å². The van der Waals surface area contributed by atoms with Gasteiger partial charge in [-0.1, -0.05) is 0 Å². The number of pyridine rings is 1. The number of methoxy groups -OCH3 is 1. The number of urea groups is 1. The Labute approximate surface area is 117 Å². The number of nitrogens with one attached hydrogen (secondary N) is 1. The zero-order chi connectivity index (χ0) is 14.5. The summed E-state index contributed by atoms with van der Waals surface area (Å²) in [7, 11) is 1.65. The molecule has 3 N–H and O–H groups in total. The van der Waals surface area contributed by atoms with Gasteiger partial charge in [-0.3, -0.25) is 9.88 Å². The largest absolute Gasteiger partial charge is 0.383 e. The van der Waals surface area contributed by atoms with Crippen molar-refractivity contribution in [2.75, 3.05) is 33.4 Å². The lowest BCUT2D eigenvalue weighted by atomic mass is 9.99. The van der Waals surface area contributed by atoms with Gasteiger partial charge in [0, 0.05) is 38.4 Å². The summed E-state index contributed by atoms with van der Waals surface area (Å²) >= 11 is 0. The Morgan fingerprint density at radius 2 is 2.40 bits per heavy atom. The molecule has 0 saturated carbocycles. The number of hydrogen-bond donors (Lipinski definition) is 2. The summed E-state index contributed by atoms with van der Waals surface area (Å²) in [4.78, 5) is 17.4. The summed E-state index contributed by atoms with van der Waals surface area (Å²) in [5.74, 6) is -0.373. The molecule has 1 aliphatic heterocycles. The third kappa shape index (κ3) is 3.64. The van der Waals surface area contributed by atoms with Gasteiger partial charge in [0.05, 0.1) is 18.8 Å². The van der Waals surface area contributed by atoms with Crippen molar-refractivity contribution in [3.63, 3.8) is 0 Å². The van der Waals surface area contributed by atoms with Gasteiger partial charge in [-0.2, -0.15) is 0 Å². The van der Waals surface area contributed by atoms with Gasteiger partial charge in [0.1, 0.15) is 5.82 Å². The molecule has 0 aromatic carbocycles. The SMILES string of the molecule is COCCN1C[C@@H](NC(N)=O)[C@H](c2ccc(F)cn2)C1. The van der Waals surface area contributed by atoms with Crippen molar-refractivity contribution in [1.82, 2.24) is 15.2 Å². The monoisotopic (exact) mass is 282 g/mol. The van der Waals surface area contributed by atoms with Gasteiger partial charge >= 0.3 is 6.03 Å². The molecule has 1 aliphatic rings. The van der Waals surface area contributed by atoms with Crippen LogP contribution in [0.1, 0.15) is 11.6 Å². The first kappa shape index (κ1) is 14.7. The standard InChI is InChI=1S/C13H19FN4O2/c1-20-5-4-18-7-10(12(8-18)17-13(15)19)11-3-2-9(14)6-16-11/h2-3,6,10,12H,4-5,7-8H2,1H3,(H3,15,17,19)/t10-,12+/m0/s1. The quantitative estimate of drug-likeness (QED) is 0.814. The molecule has 1 aromatic heterocycles. The van der Waals surface area contributed by atoms with Crippen LogP contribution in [0.25, 0.3) is 0 Å². The van der Waals surface area contributed by atoms with Crippen molar-refractivity contribution in [3.05, 3.63) is 29.8 Å². The summed E-state index contributed by atoms with van der Waals surface area (Å²) in [6, 6.07) is 2.34. The summed E-state index contributed by atoms with van der Waals surface area (Å²) in [6.07, 6.45) is 1.19. The van der Waals surface area contributed by atoms with E-state index in [9.17, 15) is 9.18 Å². The Morgan fingerprint density at radius 3 is 3.00 bits per heavy atom. The summed E-state index contributed by atoms with van der Waals surface area (Å²) < 4.78 is 18.0. The first-order chi connectivity index (χ1) is 9.60. The van der Waals surface area contributed by atoms with Crippen molar-refractivity contribution in [1.29, 1.82) is 0 Å². The fourth-order valence-corrected chi connectivity index (χ4v) is 2.52. The smallest absolute Gasteiger partial charge is 0.312 e. The number of ether oxygens (including phenoxy) is 1. The second-order valence-electron chi connectivity index (χ2n) is 4.88. The second kappa shape index (κ2) is 6.62. The van der Waals surface area contributed by atoms with Crippen molar-refractivity contribution in [2.24, 2.45) is 5.73 Å². The lowest BCUT2D eigenvalue weighted by Gasteiger charge is -2.18. The van der Waals surface area contributed by atoms with Crippen LogP contribution >= 0.6 is 0 Å². The lowest BCUT2D eigenvalue weighted by Crippen LogP contribution is -2.43. The normalized spacial score (nSPS) is 22.9. The van der Waals surface area contributed by atoms with Crippen molar-refractivity contribution < 1.29 is 13.9 Å². The first-order valence-electron chi connectivity index (χ1n) is 6.49. The number of nitrogens with zero attached hydrogens (tertiary/aromatic N) is 2. The molecule has 2 atom stereocenters. The van der Waals surface area contributed by atoms with Gasteiger partial charge in [-0.25, -0.2) is 9.18 Å². The van der Waals surface area contributed by atoms with E-state index >= 15 is 0 Å². The van der Waals surface area contributed by atoms with E-state index in [1.807, 2.05) is 0 Å². The van der Waals surface area contributed by atoms with Crippen LogP contribution in [-0.2, 0) is 4.74 Å². The molecular weight excluding hydrogens is 263 g/mol. The number of carbonyl (C=O) groups excluding carboxylic acids is 1. The molecule has 1 fully saturated rings. The Hall–Kier alpha value is -1.73. The van der Waals surface area contributed by atoms with Crippen LogP contribution in [0.3, 0.4) is 0 Å². The third-order valence-electron chi connectivity index (χ3n) is 3.46. The fourth-order valence-electron chi connectivity index (χ4n) is 2.52. The van der Waals surface area contributed by atoms with Gasteiger partial charge in [0.25, 0.3) is 0 Å². The van der Waals surface area contributed by atoms with Crippen LogP contribution in [0.5, 0.6) is 0 Å². The summed E-state index contributed by atoms with van der Waals surface area (Å²) in [6.45, 7) is 2.79. The number of hydrogen-bond acceptors (Lipinski definition) is 4. The van der Waals surface area contributed by atoms with E-state index in [4.69, 9.17) is 10.5 Å². The Kier molecular flexibility index (Phi) is 4.86. The number of carbonyl (C=O) groups is 1. The maximum Gasteiger partial charge on any atom is 0.312 e. The number of primary amides is 1. The van der Waals surface area contributed by atoms with Crippen molar-refractivity contribution in [3.8, 4) is 0 Å². The molecule has 2 heterocycles. The van der Waals surface area contributed by atoms with E-state index in [1.165, 1.54) is 12.3 Å². The predicted molar refractivity (Wildman–Crippen MR) is 71.8 cm³/mol. The maximum atomic E-state index is 12.9. The Bertz CT molecular complexity index is 454. The number of amides is 2. The Morgan fingerprint density at radius 1 is 1.60 bits per heavy atom. The number of halogens is 1. The molecule has 0 bridgehead atoms. The third-order valence-corrected chi connectivity index (χ3v) is 3.46. The molecule has 6 nitrogen and oxygen atoms in total. The van der Waals surface area contributed by atoms with E-state index in [-0.39, 0.29) is 17.8 Å². The highest BCUT2D eigenvalue weighted by molar-refractivity contribution is 5.72. The number of rotatable bonds is 5. The molecule has 110 valence electrons. The molecular formula is C13H19FN4O2. The molecule has 20 heavy (non-hydrogen) atoms. The number of nitrogens with two attached hydrogens (primary N) is 1. The Balaban J connectivity index is 2.10. The molecule has 2 amide bonds. The molecule has 2 rings (SSSR count). The van der Waals surface area contributed by atoms with Crippen LogP contribution in [0, 0.1) is 5.82 Å². The van der Waals surface area contributed by atoms with Crippen LogP contribution in [0.4, 0.5) is 9.18 Å². The van der Waals surface area contributed by atoms with Gasteiger partial charge in [-0.15, -0.1) is 0 Å². The summed E-state index contributed by atoms with van der Waals surface area (Å²) in [5, 5.41) is 2.73. The minimum Gasteiger partial charge on any atom is -0.383 e. The summed E-state index contributed by atoms with van der Waals surface area (Å²) in [5.41, 5.74) is 5.96. The van der Waals surface area contributed by atoms with Gasteiger partial charge < -0.3 is 15.8 Å². The zero-order valence-electron chi connectivity index (χ0n) is 11.4. The molecule has 0 unspecified atom stereocenters. The van der Waals surface area contributed by atoms with E-state index < -0.39 is 6.03 Å². The predicted octanol–water partition coefficient (Wildman–Crippen LogP) is 0.303. The highest BCUT2D eigenvalue weighted by Crippen LogP contribution is 2.26. The minimum absolute atomic E-state index is 0.0000406. The fraction of sp³-hybridized carbons (Fsp3) is 0.538.